The Morgan fingerprint density at radius 2 is 1.64 bits per heavy atom. The number of nitrogens with zero attached hydrogens (tertiary/aromatic N) is 1. The van der Waals surface area contributed by atoms with E-state index in [4.69, 9.17) is 14.2 Å². The van der Waals surface area contributed by atoms with Crippen LogP contribution in [0.1, 0.15) is 57.4 Å². The van der Waals surface area contributed by atoms with Gasteiger partial charge in [0.1, 0.15) is 24.7 Å². The van der Waals surface area contributed by atoms with Crippen LogP contribution in [0, 0.1) is 0 Å². The first-order valence-electron chi connectivity index (χ1n) is 13.1. The van der Waals surface area contributed by atoms with Gasteiger partial charge in [0, 0.05) is 17.3 Å². The van der Waals surface area contributed by atoms with Crippen LogP contribution in [0.3, 0.4) is 0 Å². The van der Waals surface area contributed by atoms with E-state index >= 15 is 0 Å². The molecule has 39 heavy (non-hydrogen) atoms. The summed E-state index contributed by atoms with van der Waals surface area (Å²) < 4.78 is 17.2. The lowest BCUT2D eigenvalue weighted by Crippen LogP contribution is -2.29. The lowest BCUT2D eigenvalue weighted by Gasteiger charge is -2.28. The first-order valence-corrected chi connectivity index (χ1v) is 13.1. The lowest BCUT2D eigenvalue weighted by molar-refractivity contribution is -0.132. The number of amides is 1. The number of Topliss-reactive ketones (excluding diaryl/α,β-unsaturated/α-hetero) is 1. The molecule has 1 N–H and O–H groups in total. The van der Waals surface area contributed by atoms with Gasteiger partial charge in [0.15, 0.2) is 11.5 Å². The van der Waals surface area contributed by atoms with Crippen LogP contribution in [0.25, 0.3) is 5.76 Å². The molecule has 2 aliphatic heterocycles. The highest BCUT2D eigenvalue weighted by molar-refractivity contribution is 6.51. The summed E-state index contributed by atoms with van der Waals surface area (Å²) in [7, 11) is 0. The van der Waals surface area contributed by atoms with Gasteiger partial charge in [0.2, 0.25) is 0 Å². The molecule has 7 nitrogen and oxygen atoms in total. The molecule has 0 aromatic heterocycles. The molecule has 2 heterocycles. The molecule has 1 unspecified atom stereocenters. The maximum absolute atomic E-state index is 13.6. The Kier molecular flexibility index (Phi) is 6.85. The Morgan fingerprint density at radius 1 is 0.949 bits per heavy atom. The summed E-state index contributed by atoms with van der Waals surface area (Å²) in [6.07, 6.45) is -0.0653. The lowest BCUT2D eigenvalue weighted by atomic mass is 9.85. The summed E-state index contributed by atoms with van der Waals surface area (Å²) in [5, 5.41) is 11.5. The Labute approximate surface area is 228 Å². The van der Waals surface area contributed by atoms with Crippen LogP contribution in [0.5, 0.6) is 17.2 Å². The number of anilines is 1. The van der Waals surface area contributed by atoms with Gasteiger partial charge in [-0.1, -0.05) is 57.2 Å². The molecular formula is C32H33NO6. The van der Waals surface area contributed by atoms with Crippen LogP contribution in [0.15, 0.2) is 72.3 Å². The predicted molar refractivity (Wildman–Crippen MR) is 150 cm³/mol. The largest absolute Gasteiger partial charge is 0.507 e. The molecule has 7 heteroatoms. The fourth-order valence-corrected chi connectivity index (χ4v) is 4.91. The molecule has 2 aliphatic rings. The fraction of sp³-hybridized carbons (Fsp3) is 0.312. The molecule has 1 saturated heterocycles. The number of fused-ring (bicyclic) bond motifs is 1. The molecule has 0 aliphatic carbocycles. The van der Waals surface area contributed by atoms with Gasteiger partial charge in [-0.15, -0.1) is 0 Å². The second-order valence-electron chi connectivity index (χ2n) is 11.1. The van der Waals surface area contributed by atoms with Crippen LogP contribution in [-0.4, -0.2) is 36.1 Å². The van der Waals surface area contributed by atoms with E-state index < -0.39 is 17.7 Å². The van der Waals surface area contributed by atoms with Gasteiger partial charge in [-0.3, -0.25) is 14.5 Å². The highest BCUT2D eigenvalue weighted by Gasteiger charge is 2.47. The van der Waals surface area contributed by atoms with Crippen molar-refractivity contribution in [3.8, 4) is 17.2 Å². The van der Waals surface area contributed by atoms with Crippen molar-refractivity contribution >= 4 is 23.1 Å². The third kappa shape index (κ3) is 5.09. The Morgan fingerprint density at radius 3 is 2.31 bits per heavy atom. The second kappa shape index (κ2) is 10.1. The molecule has 1 amide bonds. The van der Waals surface area contributed by atoms with Crippen molar-refractivity contribution < 1.29 is 28.9 Å². The monoisotopic (exact) mass is 527 g/mol. The number of benzene rings is 3. The SMILES string of the molecule is CC(C)Oc1cccc(/C(O)=C2\C(=O)C(=O)N(c3ccc4c(c3)OCCO4)C2c2ccc(C(C)(C)C)cc2)c1. The standard InChI is InChI=1S/C32H33NO6/c1-19(2)39-24-8-6-7-21(17-24)29(34)27-28(20-9-11-22(12-10-20)32(3,4)5)33(31(36)30(27)35)23-13-14-25-26(18-23)38-16-15-37-25/h6-14,17-19,28,34H,15-16H2,1-5H3/b29-27+. The zero-order valence-corrected chi connectivity index (χ0v) is 22.9. The average molecular weight is 528 g/mol. The maximum atomic E-state index is 13.6. The smallest absolute Gasteiger partial charge is 0.300 e. The zero-order valence-electron chi connectivity index (χ0n) is 22.9. The van der Waals surface area contributed by atoms with E-state index in [1.165, 1.54) is 4.90 Å². The zero-order chi connectivity index (χ0) is 27.9. The Balaban J connectivity index is 1.67. The van der Waals surface area contributed by atoms with Crippen molar-refractivity contribution in [3.63, 3.8) is 0 Å². The molecule has 0 saturated carbocycles. The highest BCUT2D eigenvalue weighted by atomic mass is 16.6. The summed E-state index contributed by atoms with van der Waals surface area (Å²) in [4.78, 5) is 28.6. The summed E-state index contributed by atoms with van der Waals surface area (Å²) in [5.74, 6) is -0.112. The molecule has 5 rings (SSSR count). The minimum Gasteiger partial charge on any atom is -0.507 e. The van der Waals surface area contributed by atoms with Crippen molar-refractivity contribution in [1.82, 2.24) is 0 Å². The molecule has 0 radical (unpaired) electrons. The van der Waals surface area contributed by atoms with Gasteiger partial charge in [0.25, 0.3) is 11.7 Å². The molecule has 1 fully saturated rings. The first-order chi connectivity index (χ1) is 18.5. The second-order valence-corrected chi connectivity index (χ2v) is 11.1. The summed E-state index contributed by atoms with van der Waals surface area (Å²) in [6, 6.07) is 19.0. The number of hydrogen-bond donors (Lipinski definition) is 1. The number of ether oxygens (including phenoxy) is 3. The van der Waals surface area contributed by atoms with Crippen LogP contribution in [0.2, 0.25) is 0 Å². The molecular weight excluding hydrogens is 494 g/mol. The number of aliphatic hydroxyl groups is 1. The normalized spacial score (nSPS) is 18.5. The van der Waals surface area contributed by atoms with E-state index in [1.807, 2.05) is 38.1 Å². The van der Waals surface area contributed by atoms with Gasteiger partial charge >= 0.3 is 0 Å². The van der Waals surface area contributed by atoms with Crippen LogP contribution in [0.4, 0.5) is 5.69 Å². The summed E-state index contributed by atoms with van der Waals surface area (Å²) in [5.41, 5.74) is 2.62. The molecule has 3 aromatic carbocycles. The molecule has 0 bridgehead atoms. The number of aliphatic hydroxyl groups excluding tert-OH is 1. The number of rotatable bonds is 5. The maximum Gasteiger partial charge on any atom is 0.300 e. The van der Waals surface area contributed by atoms with E-state index in [2.05, 4.69) is 20.8 Å². The average Bonchev–Trinajstić information content (AvgIpc) is 3.17. The quantitative estimate of drug-likeness (QED) is 0.243. The Hall–Kier alpha value is -4.26. The molecule has 3 aromatic rings. The van der Waals surface area contributed by atoms with Gasteiger partial charge in [-0.2, -0.15) is 0 Å². The van der Waals surface area contributed by atoms with Crippen LogP contribution in [-0.2, 0) is 15.0 Å². The van der Waals surface area contributed by atoms with E-state index in [0.717, 1.165) is 5.56 Å². The predicted octanol–water partition coefficient (Wildman–Crippen LogP) is 6.17. The Bertz CT molecular complexity index is 1450. The number of carbonyl (C=O) groups excluding carboxylic acids is 2. The van der Waals surface area contributed by atoms with Crippen LogP contribution >= 0.6 is 0 Å². The van der Waals surface area contributed by atoms with Gasteiger partial charge in [-0.25, -0.2) is 0 Å². The van der Waals surface area contributed by atoms with Gasteiger partial charge in [-0.05, 0) is 54.7 Å². The third-order valence-electron chi connectivity index (χ3n) is 6.82. The topological polar surface area (TPSA) is 85.3 Å². The van der Waals surface area contributed by atoms with E-state index in [0.29, 0.717) is 47.3 Å². The van der Waals surface area contributed by atoms with E-state index in [-0.39, 0.29) is 22.9 Å². The summed E-state index contributed by atoms with van der Waals surface area (Å²) in [6.45, 7) is 11.0. The van der Waals surface area contributed by atoms with Crippen molar-refractivity contribution in [2.45, 2.75) is 52.2 Å². The number of ketones is 1. The van der Waals surface area contributed by atoms with Crippen molar-refractivity contribution in [3.05, 3.63) is 89.0 Å². The van der Waals surface area contributed by atoms with Crippen molar-refractivity contribution in [2.75, 3.05) is 18.1 Å². The fourth-order valence-electron chi connectivity index (χ4n) is 4.91. The number of carbonyl (C=O) groups is 2. The van der Waals surface area contributed by atoms with Crippen LogP contribution < -0.4 is 19.1 Å². The summed E-state index contributed by atoms with van der Waals surface area (Å²) >= 11 is 0. The minimum absolute atomic E-state index is 0.0140. The number of hydrogen-bond acceptors (Lipinski definition) is 6. The molecule has 0 spiro atoms. The van der Waals surface area contributed by atoms with E-state index in [1.54, 1.807) is 42.5 Å². The molecule has 1 atom stereocenters. The van der Waals surface area contributed by atoms with E-state index in [9.17, 15) is 14.7 Å². The first kappa shape index (κ1) is 26.4. The van der Waals surface area contributed by atoms with Crippen molar-refractivity contribution in [2.24, 2.45) is 0 Å². The minimum atomic E-state index is -0.851. The highest BCUT2D eigenvalue weighted by Crippen LogP contribution is 2.45. The van der Waals surface area contributed by atoms with Crippen molar-refractivity contribution in [1.29, 1.82) is 0 Å². The third-order valence-corrected chi connectivity index (χ3v) is 6.82. The van der Waals surface area contributed by atoms with Gasteiger partial charge in [0.05, 0.1) is 17.7 Å². The van der Waals surface area contributed by atoms with Gasteiger partial charge < -0.3 is 19.3 Å². The molecule has 202 valence electrons.